The standard InChI is InChI=1S/C17H12BrN3O4/c1-10-2-7-13(21(23)24)8-14(10)19-9-15-17(22)25-16(20-15)11-3-5-12(18)6-4-11/h2-9,22H,1H3. The van der Waals surface area contributed by atoms with E-state index in [1.165, 1.54) is 18.3 Å². The van der Waals surface area contributed by atoms with Gasteiger partial charge in [0.2, 0.25) is 5.89 Å². The molecular weight excluding hydrogens is 390 g/mol. The van der Waals surface area contributed by atoms with Crippen molar-refractivity contribution in [2.75, 3.05) is 0 Å². The Labute approximate surface area is 150 Å². The molecular formula is C17H12BrN3O4. The van der Waals surface area contributed by atoms with Crippen molar-refractivity contribution in [3.8, 4) is 17.4 Å². The largest absolute Gasteiger partial charge is 0.479 e. The van der Waals surface area contributed by atoms with Gasteiger partial charge < -0.3 is 9.52 Å². The van der Waals surface area contributed by atoms with Gasteiger partial charge in [-0.2, -0.15) is 0 Å². The summed E-state index contributed by atoms with van der Waals surface area (Å²) in [5.41, 5.74) is 1.96. The summed E-state index contributed by atoms with van der Waals surface area (Å²) in [5, 5.41) is 20.8. The lowest BCUT2D eigenvalue weighted by Crippen LogP contribution is -1.88. The van der Waals surface area contributed by atoms with Gasteiger partial charge in [-0.3, -0.25) is 15.1 Å². The van der Waals surface area contributed by atoms with Gasteiger partial charge in [0.1, 0.15) is 0 Å². The number of hydrogen-bond acceptors (Lipinski definition) is 6. The number of rotatable bonds is 4. The van der Waals surface area contributed by atoms with Crippen molar-refractivity contribution in [1.29, 1.82) is 0 Å². The molecule has 0 fully saturated rings. The lowest BCUT2D eigenvalue weighted by Gasteiger charge is -1.99. The molecule has 0 saturated carbocycles. The van der Waals surface area contributed by atoms with E-state index in [2.05, 4.69) is 25.9 Å². The topological polar surface area (TPSA) is 102 Å². The van der Waals surface area contributed by atoms with Gasteiger partial charge in [-0.15, -0.1) is 0 Å². The molecule has 1 heterocycles. The highest BCUT2D eigenvalue weighted by Gasteiger charge is 2.13. The molecule has 3 rings (SSSR count). The molecule has 0 saturated heterocycles. The van der Waals surface area contributed by atoms with Crippen LogP contribution in [0.1, 0.15) is 11.3 Å². The minimum absolute atomic E-state index is 0.0577. The Morgan fingerprint density at radius 1 is 1.28 bits per heavy atom. The van der Waals surface area contributed by atoms with Crippen molar-refractivity contribution >= 4 is 33.5 Å². The lowest BCUT2D eigenvalue weighted by molar-refractivity contribution is -0.384. The second kappa shape index (κ2) is 6.86. The molecule has 0 unspecified atom stereocenters. The van der Waals surface area contributed by atoms with E-state index in [9.17, 15) is 15.2 Å². The third-order valence-electron chi connectivity index (χ3n) is 3.46. The van der Waals surface area contributed by atoms with Crippen molar-refractivity contribution in [3.63, 3.8) is 0 Å². The number of nitro groups is 1. The third kappa shape index (κ3) is 3.74. The maximum absolute atomic E-state index is 10.9. The molecule has 0 atom stereocenters. The highest BCUT2D eigenvalue weighted by atomic mass is 79.9. The zero-order valence-electron chi connectivity index (χ0n) is 13.0. The molecule has 8 heteroatoms. The quantitative estimate of drug-likeness (QED) is 0.385. The minimum Gasteiger partial charge on any atom is -0.479 e. The van der Waals surface area contributed by atoms with Gasteiger partial charge in [0.25, 0.3) is 5.69 Å². The summed E-state index contributed by atoms with van der Waals surface area (Å²) in [6.07, 6.45) is 1.31. The zero-order valence-corrected chi connectivity index (χ0v) is 14.6. The molecule has 126 valence electrons. The summed E-state index contributed by atoms with van der Waals surface area (Å²) in [7, 11) is 0. The summed E-state index contributed by atoms with van der Waals surface area (Å²) in [5.74, 6) is -0.119. The summed E-state index contributed by atoms with van der Waals surface area (Å²) in [6.45, 7) is 1.78. The number of aromatic nitrogens is 1. The predicted molar refractivity (Wildman–Crippen MR) is 96.4 cm³/mol. The average Bonchev–Trinajstić information content (AvgIpc) is 2.95. The fourth-order valence-corrected chi connectivity index (χ4v) is 2.37. The molecule has 25 heavy (non-hydrogen) atoms. The predicted octanol–water partition coefficient (Wildman–Crippen LogP) is 4.78. The molecule has 0 aliphatic carbocycles. The summed E-state index contributed by atoms with van der Waals surface area (Å²) < 4.78 is 6.16. The second-order valence-corrected chi connectivity index (χ2v) is 6.12. The number of benzene rings is 2. The fraction of sp³-hybridized carbons (Fsp3) is 0.0588. The van der Waals surface area contributed by atoms with E-state index in [0.717, 1.165) is 10.0 Å². The van der Waals surface area contributed by atoms with E-state index in [1.54, 1.807) is 25.1 Å². The van der Waals surface area contributed by atoms with Crippen molar-refractivity contribution < 1.29 is 14.4 Å². The zero-order chi connectivity index (χ0) is 18.0. The molecule has 3 aromatic rings. The first-order chi connectivity index (χ1) is 11.9. The van der Waals surface area contributed by atoms with E-state index in [1.807, 2.05) is 12.1 Å². The minimum atomic E-state index is -0.488. The van der Waals surface area contributed by atoms with Crippen molar-refractivity contribution in [2.45, 2.75) is 6.92 Å². The highest BCUT2D eigenvalue weighted by Crippen LogP contribution is 2.28. The van der Waals surface area contributed by atoms with Crippen molar-refractivity contribution in [2.24, 2.45) is 4.99 Å². The molecule has 0 aliphatic heterocycles. The normalized spacial score (nSPS) is 11.1. The number of aryl methyl sites for hydroxylation is 1. The number of nitro benzene ring substituents is 1. The molecule has 0 amide bonds. The van der Waals surface area contributed by atoms with Crippen LogP contribution in [0, 0.1) is 17.0 Å². The Kier molecular flexibility index (Phi) is 4.62. The van der Waals surface area contributed by atoms with E-state index in [-0.39, 0.29) is 23.2 Å². The van der Waals surface area contributed by atoms with Crippen molar-refractivity contribution in [3.05, 3.63) is 68.3 Å². The van der Waals surface area contributed by atoms with Crippen LogP contribution in [-0.4, -0.2) is 21.2 Å². The van der Waals surface area contributed by atoms with Gasteiger partial charge >= 0.3 is 5.95 Å². The Balaban J connectivity index is 1.91. The maximum atomic E-state index is 10.9. The van der Waals surface area contributed by atoms with Gasteiger partial charge in [0.05, 0.1) is 16.8 Å². The number of aromatic hydroxyl groups is 1. The lowest BCUT2D eigenvalue weighted by atomic mass is 10.2. The number of aliphatic imine (C=N–C) groups is 1. The molecule has 2 aromatic carbocycles. The van der Waals surface area contributed by atoms with Crippen LogP contribution in [0.3, 0.4) is 0 Å². The smallest absolute Gasteiger partial charge is 0.312 e. The molecule has 1 aromatic heterocycles. The van der Waals surface area contributed by atoms with Crippen LogP contribution in [0.25, 0.3) is 11.5 Å². The van der Waals surface area contributed by atoms with E-state index >= 15 is 0 Å². The van der Waals surface area contributed by atoms with Gasteiger partial charge in [-0.1, -0.05) is 22.0 Å². The first-order valence-electron chi connectivity index (χ1n) is 7.19. The summed E-state index contributed by atoms with van der Waals surface area (Å²) in [4.78, 5) is 18.7. The first kappa shape index (κ1) is 16.8. The third-order valence-corrected chi connectivity index (χ3v) is 3.98. The Hall–Kier alpha value is -3.00. The SMILES string of the molecule is Cc1ccc([N+](=O)[O-])cc1N=Cc1nc(-c2ccc(Br)cc2)oc1O. The van der Waals surface area contributed by atoms with Crippen LogP contribution in [-0.2, 0) is 0 Å². The van der Waals surface area contributed by atoms with E-state index in [4.69, 9.17) is 4.42 Å². The van der Waals surface area contributed by atoms with Gasteiger partial charge in [-0.25, -0.2) is 4.98 Å². The Morgan fingerprint density at radius 3 is 2.68 bits per heavy atom. The number of nitrogens with zero attached hydrogens (tertiary/aromatic N) is 3. The molecule has 0 spiro atoms. The summed E-state index contributed by atoms with van der Waals surface area (Å²) in [6, 6.07) is 11.6. The van der Waals surface area contributed by atoms with Crippen LogP contribution in [0.2, 0.25) is 0 Å². The Bertz CT molecular complexity index is 965. The fourth-order valence-electron chi connectivity index (χ4n) is 2.11. The molecule has 0 radical (unpaired) electrons. The maximum Gasteiger partial charge on any atom is 0.312 e. The average molecular weight is 402 g/mol. The molecule has 7 nitrogen and oxygen atoms in total. The van der Waals surface area contributed by atoms with E-state index < -0.39 is 4.92 Å². The number of halogens is 1. The van der Waals surface area contributed by atoms with E-state index in [0.29, 0.717) is 11.3 Å². The molecule has 0 aliphatic rings. The monoisotopic (exact) mass is 401 g/mol. The van der Waals surface area contributed by atoms with Crippen LogP contribution < -0.4 is 0 Å². The summed E-state index contributed by atoms with van der Waals surface area (Å²) >= 11 is 3.34. The van der Waals surface area contributed by atoms with Crippen LogP contribution in [0.5, 0.6) is 5.95 Å². The molecule has 1 N–H and O–H groups in total. The number of non-ortho nitro benzene ring substituents is 1. The van der Waals surface area contributed by atoms with Gasteiger partial charge in [-0.05, 0) is 36.8 Å². The highest BCUT2D eigenvalue weighted by molar-refractivity contribution is 9.10. The van der Waals surface area contributed by atoms with Crippen LogP contribution >= 0.6 is 15.9 Å². The number of hydrogen-bond donors (Lipinski definition) is 1. The second-order valence-electron chi connectivity index (χ2n) is 5.20. The Morgan fingerprint density at radius 2 is 2.00 bits per heavy atom. The van der Waals surface area contributed by atoms with Crippen molar-refractivity contribution in [1.82, 2.24) is 4.98 Å². The first-order valence-corrected chi connectivity index (χ1v) is 7.98. The van der Waals surface area contributed by atoms with Crippen LogP contribution in [0.15, 0.2) is 56.3 Å². The number of oxazole rings is 1. The van der Waals surface area contributed by atoms with Gasteiger partial charge in [0.15, 0.2) is 5.69 Å². The van der Waals surface area contributed by atoms with Gasteiger partial charge in [0, 0.05) is 22.2 Å². The van der Waals surface area contributed by atoms with Crippen LogP contribution in [0.4, 0.5) is 11.4 Å². The molecule has 0 bridgehead atoms.